The number of hydrogen-bond acceptors (Lipinski definition) is 3. The molecule has 1 aliphatic heterocycles. The number of nitrogens with zero attached hydrogens (tertiary/aromatic N) is 2. The molecule has 1 fully saturated rings. The van der Waals surface area contributed by atoms with Crippen molar-refractivity contribution in [3.63, 3.8) is 0 Å². The summed E-state index contributed by atoms with van der Waals surface area (Å²) in [4.78, 5) is 17.8. The Morgan fingerprint density at radius 2 is 2.24 bits per heavy atom. The molecule has 4 nitrogen and oxygen atoms in total. The molecule has 2 N–H and O–H groups in total. The molecule has 0 spiro atoms. The molecule has 0 radical (unpaired) electrons. The number of nitrogens with two attached hydrogens (primary N) is 1. The molecule has 2 rings (SSSR count). The normalized spacial score (nSPS) is 25.7. The van der Waals surface area contributed by atoms with Gasteiger partial charge in [-0.3, -0.25) is 14.7 Å². The molecular weight excluding hydrogens is 214 g/mol. The number of amides is 1. The molecule has 1 aromatic rings. The van der Waals surface area contributed by atoms with Gasteiger partial charge in [-0.2, -0.15) is 0 Å². The van der Waals surface area contributed by atoms with Crippen molar-refractivity contribution in [3.8, 4) is 0 Å². The van der Waals surface area contributed by atoms with E-state index in [9.17, 15) is 4.79 Å². The summed E-state index contributed by atoms with van der Waals surface area (Å²) in [7, 11) is 0. The Morgan fingerprint density at radius 3 is 2.88 bits per heavy atom. The first-order valence-electron chi connectivity index (χ1n) is 6.01. The van der Waals surface area contributed by atoms with Gasteiger partial charge in [0.15, 0.2) is 0 Å². The van der Waals surface area contributed by atoms with E-state index in [2.05, 4.69) is 9.88 Å². The molecule has 0 aliphatic carbocycles. The number of likely N-dealkylation sites (tertiary alicyclic amines) is 1. The number of rotatable bonds is 3. The van der Waals surface area contributed by atoms with Gasteiger partial charge in [-0.15, -0.1) is 0 Å². The molecule has 92 valence electrons. The lowest BCUT2D eigenvalue weighted by atomic mass is 9.81. The molecule has 0 unspecified atom stereocenters. The fourth-order valence-electron chi connectivity index (χ4n) is 2.43. The number of primary amides is 1. The molecule has 1 saturated heterocycles. The highest BCUT2D eigenvalue weighted by Gasteiger charge is 2.35. The lowest BCUT2D eigenvalue weighted by Gasteiger charge is -2.38. The largest absolute Gasteiger partial charge is 0.369 e. The zero-order valence-corrected chi connectivity index (χ0v) is 10.2. The molecule has 1 amide bonds. The zero-order valence-electron chi connectivity index (χ0n) is 10.2. The van der Waals surface area contributed by atoms with Gasteiger partial charge in [0.05, 0.1) is 5.41 Å². The third-order valence-electron chi connectivity index (χ3n) is 3.53. The maximum Gasteiger partial charge on any atom is 0.224 e. The van der Waals surface area contributed by atoms with Gasteiger partial charge in [-0.1, -0.05) is 0 Å². The van der Waals surface area contributed by atoms with Gasteiger partial charge in [0, 0.05) is 25.5 Å². The van der Waals surface area contributed by atoms with E-state index in [1.54, 1.807) is 12.4 Å². The van der Waals surface area contributed by atoms with Crippen molar-refractivity contribution in [1.82, 2.24) is 9.88 Å². The van der Waals surface area contributed by atoms with Crippen LogP contribution >= 0.6 is 0 Å². The molecule has 0 bridgehead atoms. The van der Waals surface area contributed by atoms with Crippen LogP contribution in [0.25, 0.3) is 0 Å². The quantitative estimate of drug-likeness (QED) is 0.852. The monoisotopic (exact) mass is 233 g/mol. The zero-order chi connectivity index (χ0) is 12.3. The summed E-state index contributed by atoms with van der Waals surface area (Å²) < 4.78 is 0. The summed E-state index contributed by atoms with van der Waals surface area (Å²) >= 11 is 0. The smallest absolute Gasteiger partial charge is 0.224 e. The van der Waals surface area contributed by atoms with Crippen LogP contribution in [0.2, 0.25) is 0 Å². The fraction of sp³-hybridized carbons (Fsp3) is 0.538. The molecular formula is C13H19N3O. The predicted octanol–water partition coefficient (Wildman–Crippen LogP) is 1.17. The van der Waals surface area contributed by atoms with Gasteiger partial charge in [0.25, 0.3) is 0 Å². The molecule has 17 heavy (non-hydrogen) atoms. The Bertz CT molecular complexity index is 393. The highest BCUT2D eigenvalue weighted by atomic mass is 16.1. The standard InChI is InChI=1S/C13H19N3O/c1-13(12(14)17)5-2-8-16(10-13)9-11-3-6-15-7-4-11/h3-4,6-7H,2,5,8-10H2,1H3,(H2,14,17)/t13-/m1/s1. The molecule has 4 heteroatoms. The van der Waals surface area contributed by atoms with E-state index in [1.807, 2.05) is 19.1 Å². The third-order valence-corrected chi connectivity index (χ3v) is 3.53. The first-order valence-corrected chi connectivity index (χ1v) is 6.01. The average molecular weight is 233 g/mol. The summed E-state index contributed by atoms with van der Waals surface area (Å²) in [5.41, 5.74) is 6.34. The van der Waals surface area contributed by atoms with Gasteiger partial charge < -0.3 is 5.73 Å². The summed E-state index contributed by atoms with van der Waals surface area (Å²) in [5.74, 6) is -0.183. The topological polar surface area (TPSA) is 59.2 Å². The van der Waals surface area contributed by atoms with Crippen molar-refractivity contribution in [1.29, 1.82) is 0 Å². The molecule has 0 aromatic carbocycles. The van der Waals surface area contributed by atoms with Crippen LogP contribution in [0, 0.1) is 5.41 Å². The highest BCUT2D eigenvalue weighted by molar-refractivity contribution is 5.80. The van der Waals surface area contributed by atoms with Crippen molar-refractivity contribution in [2.75, 3.05) is 13.1 Å². The number of carbonyl (C=O) groups is 1. The minimum absolute atomic E-state index is 0.183. The van der Waals surface area contributed by atoms with E-state index in [1.165, 1.54) is 5.56 Å². The summed E-state index contributed by atoms with van der Waals surface area (Å²) in [5, 5.41) is 0. The van der Waals surface area contributed by atoms with Crippen molar-refractivity contribution < 1.29 is 4.79 Å². The molecule has 1 aromatic heterocycles. The maximum absolute atomic E-state index is 11.5. The Kier molecular flexibility index (Phi) is 3.43. The number of pyridine rings is 1. The minimum Gasteiger partial charge on any atom is -0.369 e. The second-order valence-electron chi connectivity index (χ2n) is 5.09. The minimum atomic E-state index is -0.370. The van der Waals surface area contributed by atoms with E-state index >= 15 is 0 Å². The van der Waals surface area contributed by atoms with Crippen LogP contribution in [0.1, 0.15) is 25.3 Å². The first kappa shape index (κ1) is 12.0. The Morgan fingerprint density at radius 1 is 1.53 bits per heavy atom. The third kappa shape index (κ3) is 2.82. The number of carbonyl (C=O) groups excluding carboxylic acids is 1. The first-order chi connectivity index (χ1) is 8.10. The van der Waals surface area contributed by atoms with Crippen molar-refractivity contribution in [2.45, 2.75) is 26.3 Å². The fourth-order valence-corrected chi connectivity index (χ4v) is 2.43. The van der Waals surface area contributed by atoms with Crippen LogP contribution in [-0.4, -0.2) is 28.9 Å². The van der Waals surface area contributed by atoms with Gasteiger partial charge in [0.2, 0.25) is 5.91 Å². The van der Waals surface area contributed by atoms with Gasteiger partial charge in [-0.05, 0) is 44.0 Å². The van der Waals surface area contributed by atoms with Crippen LogP contribution < -0.4 is 5.73 Å². The molecule has 0 saturated carbocycles. The Balaban J connectivity index is 2.01. The highest BCUT2D eigenvalue weighted by Crippen LogP contribution is 2.29. The maximum atomic E-state index is 11.5. The lowest BCUT2D eigenvalue weighted by Crippen LogP contribution is -2.48. The van der Waals surface area contributed by atoms with Crippen LogP contribution in [-0.2, 0) is 11.3 Å². The summed E-state index contributed by atoms with van der Waals surface area (Å²) in [6, 6.07) is 4.02. The lowest BCUT2D eigenvalue weighted by molar-refractivity contribution is -0.129. The van der Waals surface area contributed by atoms with E-state index in [-0.39, 0.29) is 11.3 Å². The van der Waals surface area contributed by atoms with Gasteiger partial charge in [0.1, 0.15) is 0 Å². The molecule has 2 heterocycles. The van der Waals surface area contributed by atoms with Crippen LogP contribution in [0.15, 0.2) is 24.5 Å². The summed E-state index contributed by atoms with van der Waals surface area (Å²) in [6.07, 6.45) is 5.53. The number of hydrogen-bond donors (Lipinski definition) is 1. The summed E-state index contributed by atoms with van der Waals surface area (Å²) in [6.45, 7) is 4.62. The van der Waals surface area contributed by atoms with Gasteiger partial charge in [-0.25, -0.2) is 0 Å². The van der Waals surface area contributed by atoms with Crippen molar-refractivity contribution >= 4 is 5.91 Å². The van der Waals surface area contributed by atoms with E-state index < -0.39 is 0 Å². The Labute approximate surface area is 102 Å². The second-order valence-corrected chi connectivity index (χ2v) is 5.09. The molecule has 1 atom stereocenters. The van der Waals surface area contributed by atoms with Crippen molar-refractivity contribution in [2.24, 2.45) is 11.1 Å². The van der Waals surface area contributed by atoms with E-state index in [0.29, 0.717) is 0 Å². The second kappa shape index (κ2) is 4.84. The molecule has 1 aliphatic rings. The number of aromatic nitrogens is 1. The van der Waals surface area contributed by atoms with Crippen molar-refractivity contribution in [3.05, 3.63) is 30.1 Å². The van der Waals surface area contributed by atoms with Crippen LogP contribution in [0.3, 0.4) is 0 Å². The van der Waals surface area contributed by atoms with E-state index in [0.717, 1.165) is 32.5 Å². The number of piperidine rings is 1. The predicted molar refractivity (Wildman–Crippen MR) is 66.0 cm³/mol. The van der Waals surface area contributed by atoms with Crippen LogP contribution in [0.4, 0.5) is 0 Å². The average Bonchev–Trinajstić information content (AvgIpc) is 2.30. The Hall–Kier alpha value is -1.42. The van der Waals surface area contributed by atoms with E-state index in [4.69, 9.17) is 5.73 Å². The SMILES string of the molecule is C[C@@]1(C(N)=O)CCCN(Cc2ccncc2)C1. The van der Waals surface area contributed by atoms with Gasteiger partial charge >= 0.3 is 0 Å². The van der Waals surface area contributed by atoms with Crippen LogP contribution in [0.5, 0.6) is 0 Å².